The van der Waals surface area contributed by atoms with Crippen LogP contribution in [0.15, 0.2) is 54.6 Å². The minimum Gasteiger partial charge on any atom is -0.497 e. The number of carbonyl (C=O) groups excluding carboxylic acids is 1. The lowest BCUT2D eigenvalue weighted by Gasteiger charge is -2.26. The molecule has 1 fully saturated rings. The molecule has 4 rings (SSSR count). The number of rotatable bonds is 5. The maximum atomic E-state index is 12.5. The first-order valence-corrected chi connectivity index (χ1v) is 9.27. The topological polar surface area (TPSA) is 60.9 Å². The molecule has 0 bridgehead atoms. The summed E-state index contributed by atoms with van der Waals surface area (Å²) in [7, 11) is 1.62. The highest BCUT2D eigenvalue weighted by molar-refractivity contribution is 5.89. The van der Waals surface area contributed by atoms with Crippen LogP contribution in [-0.4, -0.2) is 55.8 Å². The van der Waals surface area contributed by atoms with Gasteiger partial charge < -0.3 is 19.1 Å². The van der Waals surface area contributed by atoms with Gasteiger partial charge in [0.15, 0.2) is 6.61 Å². The van der Waals surface area contributed by atoms with Crippen LogP contribution >= 0.6 is 12.4 Å². The summed E-state index contributed by atoms with van der Waals surface area (Å²) in [6.07, 6.45) is 0. The Balaban J connectivity index is 0.00000240. The van der Waals surface area contributed by atoms with Crippen LogP contribution in [0.5, 0.6) is 11.5 Å². The average molecular weight is 415 g/mol. The Morgan fingerprint density at radius 2 is 1.86 bits per heavy atom. The fourth-order valence-electron chi connectivity index (χ4n) is 3.22. The fourth-order valence-corrected chi connectivity index (χ4v) is 3.22. The number of aromatic nitrogens is 1. The Bertz CT molecular complexity index is 975. The molecule has 0 radical (unpaired) electrons. The average Bonchev–Trinajstić information content (AvgIpc) is 2.77. The maximum absolute atomic E-state index is 12.5. The van der Waals surface area contributed by atoms with Gasteiger partial charge in [-0.25, -0.2) is 4.98 Å². The van der Waals surface area contributed by atoms with Crippen LogP contribution in [0.3, 0.4) is 0 Å². The number of halogens is 1. The van der Waals surface area contributed by atoms with E-state index in [1.165, 1.54) is 0 Å². The zero-order valence-electron chi connectivity index (χ0n) is 16.2. The van der Waals surface area contributed by atoms with Crippen LogP contribution in [0.25, 0.3) is 22.2 Å². The molecular formula is C22H23ClN2O4. The van der Waals surface area contributed by atoms with Gasteiger partial charge in [0, 0.05) is 30.1 Å². The van der Waals surface area contributed by atoms with Crippen molar-refractivity contribution in [1.82, 2.24) is 9.88 Å². The first-order valence-electron chi connectivity index (χ1n) is 9.27. The molecule has 1 saturated heterocycles. The molecule has 3 aromatic rings. The number of carbonyl (C=O) groups is 1. The van der Waals surface area contributed by atoms with Gasteiger partial charge in [-0.15, -0.1) is 12.4 Å². The van der Waals surface area contributed by atoms with Crippen molar-refractivity contribution in [2.45, 2.75) is 0 Å². The molecule has 2 heterocycles. The largest absolute Gasteiger partial charge is 0.497 e. The third kappa shape index (κ3) is 4.78. The summed E-state index contributed by atoms with van der Waals surface area (Å²) >= 11 is 0. The van der Waals surface area contributed by atoms with E-state index in [0.717, 1.165) is 22.2 Å². The number of hydrogen-bond acceptors (Lipinski definition) is 5. The molecule has 1 aliphatic heterocycles. The van der Waals surface area contributed by atoms with E-state index in [4.69, 9.17) is 19.2 Å². The first-order chi connectivity index (χ1) is 13.7. The minimum absolute atomic E-state index is 0. The van der Waals surface area contributed by atoms with E-state index in [-0.39, 0.29) is 24.9 Å². The minimum atomic E-state index is -0.0441. The third-order valence-corrected chi connectivity index (χ3v) is 4.76. The molecule has 0 N–H and O–H groups in total. The van der Waals surface area contributed by atoms with Crippen LogP contribution in [0, 0.1) is 0 Å². The monoisotopic (exact) mass is 414 g/mol. The number of amides is 1. The van der Waals surface area contributed by atoms with Crippen molar-refractivity contribution in [2.24, 2.45) is 0 Å². The highest BCUT2D eigenvalue weighted by Crippen LogP contribution is 2.32. The van der Waals surface area contributed by atoms with E-state index >= 15 is 0 Å². The van der Waals surface area contributed by atoms with Crippen molar-refractivity contribution in [3.8, 4) is 22.8 Å². The number of benzene rings is 2. The normalized spacial score (nSPS) is 13.6. The van der Waals surface area contributed by atoms with Gasteiger partial charge in [-0.3, -0.25) is 4.79 Å². The van der Waals surface area contributed by atoms with Crippen molar-refractivity contribution in [3.05, 3.63) is 54.6 Å². The Hall–Kier alpha value is -2.83. The second-order valence-electron chi connectivity index (χ2n) is 6.54. The second kappa shape index (κ2) is 9.58. The van der Waals surface area contributed by atoms with Crippen LogP contribution < -0.4 is 9.47 Å². The smallest absolute Gasteiger partial charge is 0.260 e. The predicted octanol–water partition coefficient (Wildman–Crippen LogP) is 3.57. The van der Waals surface area contributed by atoms with E-state index in [1.54, 1.807) is 12.0 Å². The van der Waals surface area contributed by atoms with Crippen molar-refractivity contribution < 1.29 is 19.0 Å². The molecule has 7 heteroatoms. The number of pyridine rings is 1. The number of nitrogens with zero attached hydrogens (tertiary/aromatic N) is 2. The summed E-state index contributed by atoms with van der Waals surface area (Å²) in [5.74, 6) is 1.29. The van der Waals surface area contributed by atoms with Crippen molar-refractivity contribution in [1.29, 1.82) is 0 Å². The molecule has 0 unspecified atom stereocenters. The molecule has 29 heavy (non-hydrogen) atoms. The Labute approximate surface area is 175 Å². The summed E-state index contributed by atoms with van der Waals surface area (Å²) in [5.41, 5.74) is 2.58. The highest BCUT2D eigenvalue weighted by Gasteiger charge is 2.18. The third-order valence-electron chi connectivity index (χ3n) is 4.76. The molecule has 1 aliphatic rings. The van der Waals surface area contributed by atoms with E-state index < -0.39 is 0 Å². The van der Waals surface area contributed by atoms with Gasteiger partial charge in [0.2, 0.25) is 0 Å². The number of methoxy groups -OCH3 is 1. The maximum Gasteiger partial charge on any atom is 0.260 e. The highest BCUT2D eigenvalue weighted by atomic mass is 35.5. The molecular weight excluding hydrogens is 392 g/mol. The molecule has 0 spiro atoms. The van der Waals surface area contributed by atoms with E-state index in [1.807, 2.05) is 54.6 Å². The van der Waals surface area contributed by atoms with Crippen molar-refractivity contribution in [2.75, 3.05) is 40.0 Å². The Morgan fingerprint density at radius 3 is 2.59 bits per heavy atom. The molecule has 1 amide bonds. The molecule has 1 aromatic heterocycles. The Morgan fingerprint density at radius 1 is 1.10 bits per heavy atom. The van der Waals surface area contributed by atoms with Gasteiger partial charge in [0.1, 0.15) is 11.5 Å². The summed E-state index contributed by atoms with van der Waals surface area (Å²) in [5, 5.41) is 0.814. The van der Waals surface area contributed by atoms with Crippen molar-refractivity contribution >= 4 is 29.2 Å². The van der Waals surface area contributed by atoms with Crippen LogP contribution in [0.1, 0.15) is 0 Å². The van der Waals surface area contributed by atoms with Gasteiger partial charge in [-0.2, -0.15) is 0 Å². The lowest BCUT2D eigenvalue weighted by atomic mass is 10.1. The van der Waals surface area contributed by atoms with E-state index in [0.29, 0.717) is 37.8 Å². The lowest BCUT2D eigenvalue weighted by molar-refractivity contribution is -0.137. The summed E-state index contributed by atoms with van der Waals surface area (Å²) in [6, 6.07) is 17.4. The lowest BCUT2D eigenvalue weighted by Crippen LogP contribution is -2.43. The van der Waals surface area contributed by atoms with Gasteiger partial charge in [0.05, 0.1) is 31.5 Å². The molecule has 152 valence electrons. The van der Waals surface area contributed by atoms with Crippen molar-refractivity contribution in [3.63, 3.8) is 0 Å². The van der Waals surface area contributed by atoms with Crippen LogP contribution in [0.4, 0.5) is 0 Å². The summed E-state index contributed by atoms with van der Waals surface area (Å²) in [6.45, 7) is 2.31. The first kappa shape index (κ1) is 20.9. The molecule has 6 nitrogen and oxygen atoms in total. The van der Waals surface area contributed by atoms with Gasteiger partial charge in [0.25, 0.3) is 5.91 Å². The van der Waals surface area contributed by atoms with Crippen LogP contribution in [0.2, 0.25) is 0 Å². The van der Waals surface area contributed by atoms with E-state index in [9.17, 15) is 4.79 Å². The number of hydrogen-bond donors (Lipinski definition) is 0. The van der Waals surface area contributed by atoms with Gasteiger partial charge in [-0.1, -0.05) is 30.3 Å². The fraction of sp³-hybridized carbons (Fsp3) is 0.273. The zero-order valence-corrected chi connectivity index (χ0v) is 17.0. The zero-order chi connectivity index (χ0) is 19.3. The SMILES string of the molecule is COc1ccc2nc(-c3ccccc3)cc(OCC(=O)N3CCOCC3)c2c1.Cl. The van der Waals surface area contributed by atoms with Gasteiger partial charge in [-0.05, 0) is 18.2 Å². The predicted molar refractivity (Wildman–Crippen MR) is 114 cm³/mol. The standard InChI is InChI=1S/C22H22N2O4.ClH/c1-26-17-7-8-19-18(13-17)21(14-20(23-19)16-5-3-2-4-6-16)28-15-22(25)24-9-11-27-12-10-24;/h2-8,13-14H,9-12,15H2,1H3;1H. The number of fused-ring (bicyclic) bond motifs is 1. The molecule has 0 aliphatic carbocycles. The summed E-state index contributed by atoms with van der Waals surface area (Å²) < 4.78 is 16.6. The summed E-state index contributed by atoms with van der Waals surface area (Å²) in [4.78, 5) is 19.0. The molecule has 0 atom stereocenters. The molecule has 2 aromatic carbocycles. The quantitative estimate of drug-likeness (QED) is 0.638. The van der Waals surface area contributed by atoms with E-state index in [2.05, 4.69) is 0 Å². The molecule has 0 saturated carbocycles. The number of ether oxygens (including phenoxy) is 3. The number of morpholine rings is 1. The van der Waals surface area contributed by atoms with Crippen LogP contribution in [-0.2, 0) is 9.53 Å². The van der Waals surface area contributed by atoms with Gasteiger partial charge >= 0.3 is 0 Å². The second-order valence-corrected chi connectivity index (χ2v) is 6.54. The Kier molecular flexibility index (Phi) is 6.90.